The van der Waals surface area contributed by atoms with Crippen LogP contribution in [0, 0.1) is 17.3 Å². The predicted molar refractivity (Wildman–Crippen MR) is 82.1 cm³/mol. The molecule has 1 aromatic carbocycles. The highest BCUT2D eigenvalue weighted by Gasteiger charge is 2.56. The van der Waals surface area contributed by atoms with E-state index in [0.717, 1.165) is 25.7 Å². The molecule has 1 aromatic rings. The van der Waals surface area contributed by atoms with Crippen molar-refractivity contribution in [3.05, 3.63) is 29.3 Å². The van der Waals surface area contributed by atoms with Crippen LogP contribution in [-0.2, 0) is 6.42 Å². The molecule has 3 nitrogen and oxygen atoms in total. The van der Waals surface area contributed by atoms with Crippen molar-refractivity contribution in [2.45, 2.75) is 57.1 Å². The number of phenols is 1. The number of rotatable bonds is 0. The second kappa shape index (κ2) is 4.47. The fourth-order valence-corrected chi connectivity index (χ4v) is 5.62. The number of aromatic hydroxyl groups is 1. The topological polar surface area (TPSA) is 66.5 Å². The number of hydrogen-bond acceptors (Lipinski definition) is 3. The number of fused-ring (bicyclic) bond motifs is 5. The van der Waals surface area contributed by atoms with Gasteiger partial charge in [0.2, 0.25) is 0 Å². The maximum Gasteiger partial charge on any atom is 0.115 e. The first kappa shape index (κ1) is 13.6. The summed E-state index contributed by atoms with van der Waals surface area (Å²) in [5.74, 6) is 2.16. The summed E-state index contributed by atoms with van der Waals surface area (Å²) in [5.41, 5.74) is 9.18. The fourth-order valence-electron chi connectivity index (χ4n) is 5.62. The van der Waals surface area contributed by atoms with Gasteiger partial charge in [-0.1, -0.05) is 13.0 Å². The molecule has 0 unspecified atom stereocenters. The number of aliphatic hydroxyl groups excluding tert-OH is 1. The Balaban J connectivity index is 1.71. The van der Waals surface area contributed by atoms with Crippen LogP contribution in [0.4, 0.5) is 0 Å². The molecule has 114 valence electrons. The van der Waals surface area contributed by atoms with Gasteiger partial charge >= 0.3 is 0 Å². The molecule has 0 heterocycles. The maximum atomic E-state index is 10.3. The first-order valence-corrected chi connectivity index (χ1v) is 8.26. The largest absolute Gasteiger partial charge is 0.508 e. The molecule has 3 heteroatoms. The molecular formula is C18H25NO2. The molecule has 4 N–H and O–H groups in total. The minimum atomic E-state index is -0.333. The standard InChI is InChI=1S/C18H25NO2/c1-18-7-6-13-12-5-3-11(20)8-10(12)2-4-14(13)15(18)9-16(21)17(18)19/h3,5,8,13-17,20-21H,2,4,6-7,9,19H2,1H3/t13-,14-,15+,16-,17+,18+/m1/s1. The smallest absolute Gasteiger partial charge is 0.115 e. The third-order valence-corrected chi connectivity index (χ3v) is 6.82. The maximum absolute atomic E-state index is 10.3. The summed E-state index contributed by atoms with van der Waals surface area (Å²) in [6.45, 7) is 2.29. The molecule has 0 spiro atoms. The molecule has 0 aromatic heterocycles. The Hall–Kier alpha value is -1.06. The number of aliphatic hydroxyl groups is 1. The Morgan fingerprint density at radius 2 is 2.10 bits per heavy atom. The van der Waals surface area contributed by atoms with Crippen LogP contribution in [0.15, 0.2) is 18.2 Å². The quantitative estimate of drug-likeness (QED) is 0.687. The van der Waals surface area contributed by atoms with E-state index in [0.29, 0.717) is 23.5 Å². The molecule has 6 atom stereocenters. The highest BCUT2D eigenvalue weighted by molar-refractivity contribution is 5.40. The molecule has 0 saturated heterocycles. The Morgan fingerprint density at radius 1 is 1.29 bits per heavy atom. The zero-order valence-electron chi connectivity index (χ0n) is 12.6. The summed E-state index contributed by atoms with van der Waals surface area (Å²) in [6, 6.07) is 5.82. The van der Waals surface area contributed by atoms with Crippen molar-refractivity contribution >= 4 is 0 Å². The van der Waals surface area contributed by atoms with Crippen LogP contribution < -0.4 is 5.73 Å². The van der Waals surface area contributed by atoms with Crippen molar-refractivity contribution in [3.63, 3.8) is 0 Å². The highest BCUT2D eigenvalue weighted by atomic mass is 16.3. The van der Waals surface area contributed by atoms with Gasteiger partial charge in [0.15, 0.2) is 0 Å². The minimum Gasteiger partial charge on any atom is -0.508 e. The number of phenolic OH excluding ortho intramolecular Hbond substituents is 1. The van der Waals surface area contributed by atoms with E-state index in [1.54, 1.807) is 0 Å². The molecular weight excluding hydrogens is 262 g/mol. The van der Waals surface area contributed by atoms with E-state index in [9.17, 15) is 10.2 Å². The van der Waals surface area contributed by atoms with E-state index in [-0.39, 0.29) is 17.6 Å². The summed E-state index contributed by atoms with van der Waals surface area (Å²) in [5, 5.41) is 20.0. The second-order valence-electron chi connectivity index (χ2n) is 7.67. The van der Waals surface area contributed by atoms with E-state index in [1.807, 2.05) is 12.1 Å². The van der Waals surface area contributed by atoms with Crippen LogP contribution in [-0.4, -0.2) is 22.4 Å². The number of nitrogens with two attached hydrogens (primary N) is 1. The lowest BCUT2D eigenvalue weighted by Crippen LogP contribution is -2.48. The van der Waals surface area contributed by atoms with Crippen molar-refractivity contribution in [2.24, 2.45) is 23.0 Å². The predicted octanol–water partition coefficient (Wildman–Crippen LogP) is 2.55. The zero-order chi connectivity index (χ0) is 14.8. The molecule has 2 fully saturated rings. The first-order valence-electron chi connectivity index (χ1n) is 8.26. The van der Waals surface area contributed by atoms with Crippen molar-refractivity contribution < 1.29 is 10.2 Å². The summed E-state index contributed by atoms with van der Waals surface area (Å²) in [6.07, 6.45) is 5.02. The molecule has 0 amide bonds. The highest BCUT2D eigenvalue weighted by Crippen LogP contribution is 2.60. The molecule has 3 aliphatic carbocycles. The molecule has 4 rings (SSSR count). The van der Waals surface area contributed by atoms with Gasteiger partial charge in [-0.05, 0) is 78.5 Å². The van der Waals surface area contributed by atoms with E-state index in [1.165, 1.54) is 17.5 Å². The summed E-state index contributed by atoms with van der Waals surface area (Å²) in [7, 11) is 0. The molecule has 2 saturated carbocycles. The monoisotopic (exact) mass is 287 g/mol. The Kier molecular flexibility index (Phi) is 2.89. The third-order valence-electron chi connectivity index (χ3n) is 6.82. The van der Waals surface area contributed by atoms with Crippen molar-refractivity contribution in [2.75, 3.05) is 0 Å². The number of benzene rings is 1. The first-order chi connectivity index (χ1) is 10.0. The summed E-state index contributed by atoms with van der Waals surface area (Å²) in [4.78, 5) is 0. The average Bonchev–Trinajstić information content (AvgIpc) is 2.70. The van der Waals surface area contributed by atoms with Crippen LogP contribution in [0.2, 0.25) is 0 Å². The van der Waals surface area contributed by atoms with Gasteiger partial charge in [0, 0.05) is 6.04 Å². The van der Waals surface area contributed by atoms with Gasteiger partial charge in [0.1, 0.15) is 5.75 Å². The van der Waals surface area contributed by atoms with E-state index < -0.39 is 0 Å². The average molecular weight is 287 g/mol. The van der Waals surface area contributed by atoms with Gasteiger partial charge in [-0.3, -0.25) is 0 Å². The number of hydrogen-bond donors (Lipinski definition) is 3. The van der Waals surface area contributed by atoms with Gasteiger partial charge in [-0.2, -0.15) is 0 Å². The van der Waals surface area contributed by atoms with Gasteiger partial charge < -0.3 is 15.9 Å². The number of aryl methyl sites for hydroxylation is 1. The van der Waals surface area contributed by atoms with Crippen molar-refractivity contribution in [1.82, 2.24) is 0 Å². The lowest BCUT2D eigenvalue weighted by molar-refractivity contribution is 0.0472. The van der Waals surface area contributed by atoms with Crippen molar-refractivity contribution in [3.8, 4) is 5.75 Å². The third kappa shape index (κ3) is 1.80. The Labute approximate surface area is 126 Å². The molecule has 0 radical (unpaired) electrons. The molecule has 0 aliphatic heterocycles. The van der Waals surface area contributed by atoms with Crippen LogP contribution in [0.25, 0.3) is 0 Å². The molecule has 3 aliphatic rings. The minimum absolute atomic E-state index is 0.0651. The summed E-state index contributed by atoms with van der Waals surface area (Å²) < 4.78 is 0. The van der Waals surface area contributed by atoms with Crippen LogP contribution in [0.5, 0.6) is 5.75 Å². The Morgan fingerprint density at radius 3 is 2.90 bits per heavy atom. The van der Waals surface area contributed by atoms with E-state index in [4.69, 9.17) is 5.73 Å². The lowest BCUT2D eigenvalue weighted by atomic mass is 9.55. The fraction of sp³-hybridized carbons (Fsp3) is 0.667. The van der Waals surface area contributed by atoms with Gasteiger partial charge in [-0.15, -0.1) is 0 Å². The SMILES string of the molecule is C[C@]12CC[C@@H]3c4ccc(O)cc4CC[C@H]3[C@@H]1C[C@@H](O)[C@@H]2N. The summed E-state index contributed by atoms with van der Waals surface area (Å²) >= 11 is 0. The lowest BCUT2D eigenvalue weighted by Gasteiger charge is -2.50. The molecule has 0 bridgehead atoms. The van der Waals surface area contributed by atoms with Gasteiger partial charge in [0.25, 0.3) is 0 Å². The Bertz CT molecular complexity index is 572. The second-order valence-corrected chi connectivity index (χ2v) is 7.67. The van der Waals surface area contributed by atoms with E-state index >= 15 is 0 Å². The van der Waals surface area contributed by atoms with Gasteiger partial charge in [0.05, 0.1) is 6.10 Å². The van der Waals surface area contributed by atoms with E-state index in [2.05, 4.69) is 13.0 Å². The zero-order valence-corrected chi connectivity index (χ0v) is 12.6. The van der Waals surface area contributed by atoms with Gasteiger partial charge in [-0.25, -0.2) is 0 Å². The molecule has 21 heavy (non-hydrogen) atoms. The van der Waals surface area contributed by atoms with Crippen LogP contribution in [0.1, 0.15) is 49.7 Å². The normalized spacial score (nSPS) is 44.8. The van der Waals surface area contributed by atoms with Crippen LogP contribution in [0.3, 0.4) is 0 Å². The van der Waals surface area contributed by atoms with Crippen molar-refractivity contribution in [1.29, 1.82) is 0 Å². The van der Waals surface area contributed by atoms with Crippen LogP contribution >= 0.6 is 0 Å².